The van der Waals surface area contributed by atoms with Crippen LogP contribution in [0.1, 0.15) is 44.6 Å². The average Bonchev–Trinajstić information content (AvgIpc) is 3.08. The maximum Gasteiger partial charge on any atom is 0.233 e. The van der Waals surface area contributed by atoms with Gasteiger partial charge in [-0.1, -0.05) is 72.2 Å². The molecule has 5 nitrogen and oxygen atoms in total. The molecule has 0 aliphatic heterocycles. The molecule has 2 aromatic rings. The van der Waals surface area contributed by atoms with Crippen molar-refractivity contribution in [1.82, 2.24) is 15.5 Å². The Morgan fingerprint density at radius 1 is 1.31 bits per heavy atom. The lowest BCUT2D eigenvalue weighted by molar-refractivity contribution is -0.120. The van der Waals surface area contributed by atoms with Crippen LogP contribution in [0.25, 0.3) is 0 Å². The fourth-order valence-electron chi connectivity index (χ4n) is 2.91. The highest BCUT2D eigenvalue weighted by Crippen LogP contribution is 2.30. The van der Waals surface area contributed by atoms with Crippen molar-refractivity contribution in [1.29, 1.82) is 0 Å². The minimum atomic E-state index is -0.243. The molecule has 0 radical (unpaired) electrons. The molecule has 3 rings (SSSR count). The zero-order valence-electron chi connectivity index (χ0n) is 14.7. The molecular weight excluding hydrogens is 388 g/mol. The number of amides is 1. The van der Waals surface area contributed by atoms with E-state index >= 15 is 0 Å². The summed E-state index contributed by atoms with van der Waals surface area (Å²) >= 11 is 9.07. The van der Waals surface area contributed by atoms with E-state index in [2.05, 4.69) is 20.8 Å². The normalized spacial score (nSPS) is 16.2. The van der Waals surface area contributed by atoms with Crippen molar-refractivity contribution in [2.75, 3.05) is 5.32 Å². The molecule has 1 heterocycles. The first-order chi connectivity index (χ1) is 12.6. The van der Waals surface area contributed by atoms with Crippen molar-refractivity contribution in [3.8, 4) is 0 Å². The molecule has 0 bridgehead atoms. The Balaban J connectivity index is 1.47. The molecule has 140 valence electrons. The maximum atomic E-state index is 12.3. The van der Waals surface area contributed by atoms with Gasteiger partial charge in [0.1, 0.15) is 0 Å². The molecule has 26 heavy (non-hydrogen) atoms. The Morgan fingerprint density at radius 3 is 2.85 bits per heavy atom. The Bertz CT molecular complexity index is 733. The number of rotatable bonds is 7. The van der Waals surface area contributed by atoms with Crippen LogP contribution in [0.5, 0.6) is 0 Å². The Labute approximate surface area is 167 Å². The van der Waals surface area contributed by atoms with Crippen molar-refractivity contribution < 1.29 is 4.79 Å². The van der Waals surface area contributed by atoms with Gasteiger partial charge in [-0.2, -0.15) is 0 Å². The molecule has 1 unspecified atom stereocenters. The zero-order valence-corrected chi connectivity index (χ0v) is 17.1. The molecule has 1 aliphatic rings. The van der Waals surface area contributed by atoms with Gasteiger partial charge in [-0.25, -0.2) is 0 Å². The number of carbonyl (C=O) groups is 1. The van der Waals surface area contributed by atoms with Crippen LogP contribution in [0.4, 0.5) is 5.13 Å². The monoisotopic (exact) mass is 410 g/mol. The van der Waals surface area contributed by atoms with Gasteiger partial charge < -0.3 is 10.6 Å². The number of hydrogen-bond acceptors (Lipinski definition) is 6. The van der Waals surface area contributed by atoms with Crippen LogP contribution in [0.15, 0.2) is 28.6 Å². The predicted molar refractivity (Wildman–Crippen MR) is 109 cm³/mol. The largest absolute Gasteiger partial charge is 0.357 e. The van der Waals surface area contributed by atoms with E-state index in [1.807, 2.05) is 31.2 Å². The van der Waals surface area contributed by atoms with E-state index in [4.69, 9.17) is 11.6 Å². The summed E-state index contributed by atoms with van der Waals surface area (Å²) < 4.78 is 0.809. The summed E-state index contributed by atoms with van der Waals surface area (Å²) in [6, 6.07) is 8.03. The lowest BCUT2D eigenvalue weighted by Gasteiger charge is -2.21. The number of nitrogens with zero attached hydrogens (tertiary/aromatic N) is 2. The lowest BCUT2D eigenvalue weighted by Crippen LogP contribution is -2.30. The molecule has 1 aromatic carbocycles. The van der Waals surface area contributed by atoms with Gasteiger partial charge in [0.15, 0.2) is 4.34 Å². The van der Waals surface area contributed by atoms with Crippen LogP contribution in [0.2, 0.25) is 5.02 Å². The van der Waals surface area contributed by atoms with Crippen molar-refractivity contribution in [2.45, 2.75) is 61.2 Å². The smallest absolute Gasteiger partial charge is 0.233 e. The number of hydrogen-bond donors (Lipinski definition) is 2. The minimum absolute atomic E-state index is 0.0353. The second kappa shape index (κ2) is 9.58. The fourth-order valence-corrected chi connectivity index (χ4v) is 5.11. The van der Waals surface area contributed by atoms with Crippen LogP contribution >= 0.6 is 34.7 Å². The minimum Gasteiger partial charge on any atom is -0.357 e. The van der Waals surface area contributed by atoms with Crippen LogP contribution in [0, 0.1) is 0 Å². The first-order valence-electron chi connectivity index (χ1n) is 8.89. The highest BCUT2D eigenvalue weighted by Gasteiger charge is 2.19. The summed E-state index contributed by atoms with van der Waals surface area (Å²) in [5.41, 5.74) is 0.912. The van der Waals surface area contributed by atoms with E-state index < -0.39 is 0 Å². The number of aromatic nitrogens is 2. The second-order valence-corrected chi connectivity index (χ2v) is 9.39. The van der Waals surface area contributed by atoms with Crippen molar-refractivity contribution in [3.63, 3.8) is 0 Å². The van der Waals surface area contributed by atoms with Crippen LogP contribution in [-0.2, 0) is 11.3 Å². The molecule has 2 N–H and O–H groups in total. The summed E-state index contributed by atoms with van der Waals surface area (Å²) in [5, 5.41) is 16.1. The summed E-state index contributed by atoms with van der Waals surface area (Å²) in [7, 11) is 0. The highest BCUT2D eigenvalue weighted by atomic mass is 35.5. The lowest BCUT2D eigenvalue weighted by atomic mass is 9.96. The third-order valence-corrected chi connectivity index (χ3v) is 6.80. The SMILES string of the molecule is CC(Sc1nnc(NC2CCCCC2)s1)C(=O)NCc1ccccc1Cl. The number of thioether (sulfide) groups is 1. The Hall–Kier alpha value is -1.31. The standard InChI is InChI=1S/C18H23ClN4OS2/c1-12(16(24)20-11-13-7-5-6-10-15(13)19)25-18-23-22-17(26-18)21-14-8-3-2-4-9-14/h5-7,10,12,14H,2-4,8-9,11H2,1H3,(H,20,24)(H,21,22). The van der Waals surface area contributed by atoms with Gasteiger partial charge in [0.2, 0.25) is 11.0 Å². The topological polar surface area (TPSA) is 66.9 Å². The molecule has 1 amide bonds. The summed E-state index contributed by atoms with van der Waals surface area (Å²) in [6.07, 6.45) is 6.28. The zero-order chi connectivity index (χ0) is 18.4. The number of halogens is 1. The van der Waals surface area contributed by atoms with E-state index in [0.717, 1.165) is 15.0 Å². The number of benzene rings is 1. The predicted octanol–water partition coefficient (Wildman–Crippen LogP) is 4.73. The van der Waals surface area contributed by atoms with Crippen molar-refractivity contribution in [2.24, 2.45) is 0 Å². The average molecular weight is 411 g/mol. The van der Waals surface area contributed by atoms with E-state index in [1.165, 1.54) is 55.2 Å². The van der Waals surface area contributed by atoms with E-state index in [9.17, 15) is 4.79 Å². The summed E-state index contributed by atoms with van der Waals surface area (Å²) in [4.78, 5) is 12.3. The van der Waals surface area contributed by atoms with Crippen LogP contribution < -0.4 is 10.6 Å². The van der Waals surface area contributed by atoms with Gasteiger partial charge >= 0.3 is 0 Å². The second-order valence-electron chi connectivity index (χ2n) is 6.42. The molecule has 1 aromatic heterocycles. The van der Waals surface area contributed by atoms with E-state index in [1.54, 1.807) is 0 Å². The molecule has 8 heteroatoms. The molecule has 1 atom stereocenters. The molecule has 1 aliphatic carbocycles. The van der Waals surface area contributed by atoms with E-state index in [-0.39, 0.29) is 11.2 Å². The maximum absolute atomic E-state index is 12.3. The molecule has 0 spiro atoms. The van der Waals surface area contributed by atoms with Crippen molar-refractivity contribution >= 4 is 45.7 Å². The quantitative estimate of drug-likeness (QED) is 0.645. The van der Waals surface area contributed by atoms with E-state index in [0.29, 0.717) is 17.6 Å². The fraction of sp³-hybridized carbons (Fsp3) is 0.500. The molecule has 1 saturated carbocycles. The Morgan fingerprint density at radius 2 is 2.08 bits per heavy atom. The Kier molecular flexibility index (Phi) is 7.16. The first-order valence-corrected chi connectivity index (χ1v) is 11.0. The number of carbonyl (C=O) groups excluding carboxylic acids is 1. The number of anilines is 1. The van der Waals surface area contributed by atoms with Gasteiger partial charge in [-0.05, 0) is 31.4 Å². The van der Waals surface area contributed by atoms with Gasteiger partial charge in [-0.3, -0.25) is 4.79 Å². The third kappa shape index (κ3) is 5.59. The molecule has 1 fully saturated rings. The summed E-state index contributed by atoms with van der Waals surface area (Å²) in [6.45, 7) is 2.30. The van der Waals surface area contributed by atoms with Crippen LogP contribution in [0.3, 0.4) is 0 Å². The third-order valence-electron chi connectivity index (χ3n) is 4.40. The molecular formula is C18H23ClN4OS2. The van der Waals surface area contributed by atoms with Crippen LogP contribution in [-0.4, -0.2) is 27.4 Å². The number of nitrogens with one attached hydrogen (secondary N) is 2. The van der Waals surface area contributed by atoms with Gasteiger partial charge in [0.05, 0.1) is 5.25 Å². The molecule has 0 saturated heterocycles. The first kappa shape index (κ1) is 19.5. The van der Waals surface area contributed by atoms with Gasteiger partial charge in [0.25, 0.3) is 0 Å². The summed E-state index contributed by atoms with van der Waals surface area (Å²) in [5.74, 6) is -0.0353. The van der Waals surface area contributed by atoms with Crippen molar-refractivity contribution in [3.05, 3.63) is 34.9 Å². The van der Waals surface area contributed by atoms with Gasteiger partial charge in [0, 0.05) is 17.6 Å². The highest BCUT2D eigenvalue weighted by molar-refractivity contribution is 8.02. The van der Waals surface area contributed by atoms with Gasteiger partial charge in [-0.15, -0.1) is 10.2 Å².